The lowest BCUT2D eigenvalue weighted by Crippen LogP contribution is -2.36. The molecule has 3 rings (SSSR count). The zero-order chi connectivity index (χ0) is 13.4. The zero-order valence-corrected chi connectivity index (χ0v) is 11.3. The number of amides is 1. The van der Waals surface area contributed by atoms with E-state index in [1.165, 1.54) is 0 Å². The molecule has 2 aromatic heterocycles. The zero-order valence-electron chi connectivity index (χ0n) is 10.5. The molecule has 100 valence electrons. The predicted molar refractivity (Wildman–Crippen MR) is 72.8 cm³/mol. The van der Waals surface area contributed by atoms with E-state index in [4.69, 9.17) is 17.0 Å². The summed E-state index contributed by atoms with van der Waals surface area (Å²) in [5.74, 6) is 0.642. The van der Waals surface area contributed by atoms with Crippen molar-refractivity contribution in [3.05, 3.63) is 16.9 Å². The van der Waals surface area contributed by atoms with E-state index in [9.17, 15) is 4.79 Å². The number of methoxy groups -OCH3 is 1. The van der Waals surface area contributed by atoms with Crippen molar-refractivity contribution in [3.8, 4) is 5.88 Å². The molecule has 1 aliphatic rings. The van der Waals surface area contributed by atoms with E-state index in [1.54, 1.807) is 13.2 Å². The van der Waals surface area contributed by atoms with Gasteiger partial charge in [0.15, 0.2) is 10.4 Å². The molecule has 7 heteroatoms. The van der Waals surface area contributed by atoms with Crippen LogP contribution in [0.1, 0.15) is 18.9 Å². The van der Waals surface area contributed by atoms with Crippen LogP contribution in [0.15, 0.2) is 12.1 Å². The second-order valence-corrected chi connectivity index (χ2v) is 4.91. The van der Waals surface area contributed by atoms with Gasteiger partial charge in [-0.1, -0.05) is 0 Å². The number of carbonyl (C=O) groups excluding carboxylic acids is 1. The molecule has 0 aromatic carbocycles. The Morgan fingerprint density at radius 2 is 2.37 bits per heavy atom. The van der Waals surface area contributed by atoms with Crippen LogP contribution in [-0.2, 0) is 4.79 Å². The van der Waals surface area contributed by atoms with Crippen LogP contribution in [-0.4, -0.2) is 34.1 Å². The molecule has 6 nitrogen and oxygen atoms in total. The van der Waals surface area contributed by atoms with Gasteiger partial charge in [0.05, 0.1) is 18.7 Å². The predicted octanol–water partition coefficient (Wildman–Crippen LogP) is 1.55. The van der Waals surface area contributed by atoms with E-state index in [0.717, 1.165) is 17.6 Å². The summed E-state index contributed by atoms with van der Waals surface area (Å²) in [6, 6.07) is 3.83. The number of carbonyl (C=O) groups is 1. The number of fused-ring (bicyclic) bond motifs is 1. The average molecular weight is 278 g/mol. The molecule has 2 N–H and O–H groups in total. The summed E-state index contributed by atoms with van der Waals surface area (Å²) in [6.45, 7) is 0.582. The van der Waals surface area contributed by atoms with Crippen molar-refractivity contribution in [1.29, 1.82) is 0 Å². The summed E-state index contributed by atoms with van der Waals surface area (Å²) in [7, 11) is 1.58. The first-order chi connectivity index (χ1) is 9.19. The lowest BCUT2D eigenvalue weighted by molar-refractivity contribution is -0.122. The SMILES string of the molecule is COc1ccc2[nH]c(=S)n(C3CCC(=O)NC3)c2n1. The van der Waals surface area contributed by atoms with Crippen molar-refractivity contribution in [2.24, 2.45) is 0 Å². The van der Waals surface area contributed by atoms with Crippen LogP contribution in [0.2, 0.25) is 0 Å². The highest BCUT2D eigenvalue weighted by Gasteiger charge is 2.22. The highest BCUT2D eigenvalue weighted by molar-refractivity contribution is 7.71. The van der Waals surface area contributed by atoms with Gasteiger partial charge in [-0.25, -0.2) is 0 Å². The van der Waals surface area contributed by atoms with Gasteiger partial charge in [-0.15, -0.1) is 0 Å². The Balaban J connectivity index is 2.09. The second-order valence-electron chi connectivity index (χ2n) is 4.52. The number of aromatic nitrogens is 3. The number of rotatable bonds is 2. The normalized spacial score (nSPS) is 19.4. The monoisotopic (exact) mass is 278 g/mol. The summed E-state index contributed by atoms with van der Waals surface area (Å²) >= 11 is 5.36. The Morgan fingerprint density at radius 3 is 3.05 bits per heavy atom. The molecule has 1 fully saturated rings. The molecular weight excluding hydrogens is 264 g/mol. The topological polar surface area (TPSA) is 71.9 Å². The number of aromatic amines is 1. The van der Waals surface area contributed by atoms with E-state index < -0.39 is 0 Å². The number of hydrogen-bond acceptors (Lipinski definition) is 4. The third-order valence-electron chi connectivity index (χ3n) is 3.35. The molecule has 3 heterocycles. The lowest BCUT2D eigenvalue weighted by atomic mass is 10.1. The van der Waals surface area contributed by atoms with Crippen LogP contribution in [0, 0.1) is 4.77 Å². The van der Waals surface area contributed by atoms with E-state index in [-0.39, 0.29) is 11.9 Å². The minimum Gasteiger partial charge on any atom is -0.481 e. The van der Waals surface area contributed by atoms with Gasteiger partial charge in [0.2, 0.25) is 11.8 Å². The highest BCUT2D eigenvalue weighted by Crippen LogP contribution is 2.24. The molecule has 1 atom stereocenters. The Labute approximate surface area is 114 Å². The maximum Gasteiger partial charge on any atom is 0.220 e. The molecule has 0 bridgehead atoms. The summed E-state index contributed by atoms with van der Waals surface area (Å²) in [5, 5.41) is 2.86. The van der Waals surface area contributed by atoms with Gasteiger partial charge in [-0.05, 0) is 24.7 Å². The van der Waals surface area contributed by atoms with Gasteiger partial charge in [-0.2, -0.15) is 4.98 Å². The summed E-state index contributed by atoms with van der Waals surface area (Å²) < 4.78 is 7.74. The lowest BCUT2D eigenvalue weighted by Gasteiger charge is -2.23. The Kier molecular flexibility index (Phi) is 2.98. The van der Waals surface area contributed by atoms with Crippen LogP contribution in [0.5, 0.6) is 5.88 Å². The molecular formula is C12H14N4O2S. The minimum atomic E-state index is 0.0909. The Morgan fingerprint density at radius 1 is 1.53 bits per heavy atom. The Bertz CT molecular complexity index is 681. The van der Waals surface area contributed by atoms with Crippen molar-refractivity contribution in [3.63, 3.8) is 0 Å². The molecule has 0 radical (unpaired) electrons. The quantitative estimate of drug-likeness (QED) is 0.818. The number of nitrogens with one attached hydrogen (secondary N) is 2. The molecule has 2 aromatic rings. The second kappa shape index (κ2) is 4.65. The van der Waals surface area contributed by atoms with Crippen LogP contribution < -0.4 is 10.1 Å². The minimum absolute atomic E-state index is 0.0909. The first-order valence-electron chi connectivity index (χ1n) is 6.11. The first kappa shape index (κ1) is 12.2. The molecule has 0 spiro atoms. The van der Waals surface area contributed by atoms with E-state index >= 15 is 0 Å². The van der Waals surface area contributed by atoms with Crippen LogP contribution in [0.4, 0.5) is 0 Å². The van der Waals surface area contributed by atoms with Gasteiger partial charge in [0.25, 0.3) is 0 Å². The van der Waals surface area contributed by atoms with E-state index in [0.29, 0.717) is 23.6 Å². The number of hydrogen-bond donors (Lipinski definition) is 2. The third-order valence-corrected chi connectivity index (χ3v) is 3.65. The first-order valence-corrected chi connectivity index (χ1v) is 6.52. The maximum absolute atomic E-state index is 11.2. The summed E-state index contributed by atoms with van der Waals surface area (Å²) in [4.78, 5) is 18.8. The van der Waals surface area contributed by atoms with Gasteiger partial charge in [0, 0.05) is 19.0 Å². The summed E-state index contributed by atoms with van der Waals surface area (Å²) in [5.41, 5.74) is 1.65. The third kappa shape index (κ3) is 2.10. The van der Waals surface area contributed by atoms with Gasteiger partial charge >= 0.3 is 0 Å². The number of ether oxygens (including phenoxy) is 1. The van der Waals surface area contributed by atoms with Crippen molar-refractivity contribution < 1.29 is 9.53 Å². The maximum atomic E-state index is 11.2. The van der Waals surface area contributed by atoms with Gasteiger partial charge < -0.3 is 15.0 Å². The standard InChI is InChI=1S/C12H14N4O2S/c1-18-10-5-3-8-11(15-10)16(12(19)14-8)7-2-4-9(17)13-6-7/h3,5,7H,2,4,6H2,1H3,(H,13,17)(H,14,19). The Hall–Kier alpha value is -1.89. The molecule has 19 heavy (non-hydrogen) atoms. The molecule has 1 saturated heterocycles. The highest BCUT2D eigenvalue weighted by atomic mass is 32.1. The number of imidazole rings is 1. The molecule has 0 saturated carbocycles. The number of H-pyrrole nitrogens is 1. The van der Waals surface area contributed by atoms with Crippen molar-refractivity contribution in [2.45, 2.75) is 18.9 Å². The fourth-order valence-electron chi connectivity index (χ4n) is 2.38. The largest absolute Gasteiger partial charge is 0.481 e. The van der Waals surface area contributed by atoms with Crippen LogP contribution in [0.3, 0.4) is 0 Å². The van der Waals surface area contributed by atoms with E-state index in [1.807, 2.05) is 10.6 Å². The fraction of sp³-hybridized carbons (Fsp3) is 0.417. The fourth-order valence-corrected chi connectivity index (χ4v) is 2.72. The molecule has 1 aliphatic heterocycles. The van der Waals surface area contributed by atoms with Crippen molar-refractivity contribution >= 4 is 29.3 Å². The van der Waals surface area contributed by atoms with Gasteiger partial charge in [0.1, 0.15) is 0 Å². The van der Waals surface area contributed by atoms with Crippen molar-refractivity contribution in [2.75, 3.05) is 13.7 Å². The van der Waals surface area contributed by atoms with Crippen LogP contribution >= 0.6 is 12.2 Å². The number of nitrogens with zero attached hydrogens (tertiary/aromatic N) is 2. The molecule has 0 aliphatic carbocycles. The molecule has 1 amide bonds. The smallest absolute Gasteiger partial charge is 0.220 e. The van der Waals surface area contributed by atoms with Gasteiger partial charge in [-0.3, -0.25) is 9.36 Å². The summed E-state index contributed by atoms with van der Waals surface area (Å²) in [6.07, 6.45) is 1.29. The van der Waals surface area contributed by atoms with E-state index in [2.05, 4.69) is 15.3 Å². The molecule has 1 unspecified atom stereocenters. The number of piperidine rings is 1. The number of pyridine rings is 1. The van der Waals surface area contributed by atoms with Crippen molar-refractivity contribution in [1.82, 2.24) is 19.9 Å². The average Bonchev–Trinajstić information content (AvgIpc) is 2.75. The van der Waals surface area contributed by atoms with Crippen LogP contribution in [0.25, 0.3) is 11.2 Å².